The lowest BCUT2D eigenvalue weighted by Crippen LogP contribution is -2.14. The molecule has 2 rings (SSSR count). The third-order valence-electron chi connectivity index (χ3n) is 3.04. The number of benzene rings is 1. The summed E-state index contributed by atoms with van der Waals surface area (Å²) in [6, 6.07) is 11.4. The van der Waals surface area contributed by atoms with E-state index in [1.165, 1.54) is 6.92 Å². The average molecular weight is 298 g/mol. The van der Waals surface area contributed by atoms with Crippen LogP contribution in [0.5, 0.6) is 0 Å². The minimum atomic E-state index is -0.200. The third-order valence-corrected chi connectivity index (χ3v) is 4.35. The topological polar surface area (TPSA) is 70.0 Å². The molecule has 0 fully saturated rings. The van der Waals surface area contributed by atoms with Gasteiger partial charge in [0.1, 0.15) is 11.1 Å². The van der Waals surface area contributed by atoms with Gasteiger partial charge in [-0.15, -0.1) is 11.3 Å². The van der Waals surface area contributed by atoms with E-state index in [0.717, 1.165) is 16.9 Å². The summed E-state index contributed by atoms with van der Waals surface area (Å²) in [5, 5.41) is 12.4. The highest BCUT2D eigenvalue weighted by molar-refractivity contribution is 7.18. The molecule has 0 atom stereocenters. The predicted octanol–water partition coefficient (Wildman–Crippen LogP) is 3.31. The molecule has 0 spiro atoms. The molecule has 1 aromatic heterocycles. The first-order valence-corrected chi connectivity index (χ1v) is 7.22. The maximum absolute atomic E-state index is 12.0. The molecule has 1 aromatic carbocycles. The van der Waals surface area contributed by atoms with E-state index >= 15 is 0 Å². The lowest BCUT2D eigenvalue weighted by atomic mass is 10.1. The molecule has 0 saturated carbocycles. The second-order valence-electron chi connectivity index (χ2n) is 4.64. The molecular formula is C16H14N2O2S. The molecule has 0 aliphatic rings. The molecule has 0 radical (unpaired) electrons. The lowest BCUT2D eigenvalue weighted by molar-refractivity contribution is -0.115. The average Bonchev–Trinajstić information content (AvgIpc) is 2.76. The lowest BCUT2D eigenvalue weighted by Gasteiger charge is -2.03. The van der Waals surface area contributed by atoms with Crippen LogP contribution in [0, 0.1) is 18.3 Å². The summed E-state index contributed by atoms with van der Waals surface area (Å²) < 4.78 is 0. The molecule has 1 heterocycles. The second-order valence-corrected chi connectivity index (χ2v) is 5.66. The molecule has 0 saturated heterocycles. The monoisotopic (exact) mass is 298 g/mol. The molecule has 1 amide bonds. The molecule has 4 nitrogen and oxygen atoms in total. The van der Waals surface area contributed by atoms with Gasteiger partial charge in [-0.3, -0.25) is 9.59 Å². The van der Waals surface area contributed by atoms with Crippen LogP contribution in [0.1, 0.15) is 33.3 Å². The van der Waals surface area contributed by atoms with Crippen LogP contribution in [0.15, 0.2) is 30.3 Å². The van der Waals surface area contributed by atoms with Crippen molar-refractivity contribution >= 4 is 28.0 Å². The predicted molar refractivity (Wildman–Crippen MR) is 82.6 cm³/mol. The minimum Gasteiger partial charge on any atom is -0.316 e. The second kappa shape index (κ2) is 6.33. The largest absolute Gasteiger partial charge is 0.316 e. The van der Waals surface area contributed by atoms with Gasteiger partial charge in [0.15, 0.2) is 5.78 Å². The van der Waals surface area contributed by atoms with E-state index in [1.807, 2.05) is 30.3 Å². The highest BCUT2D eigenvalue weighted by Gasteiger charge is 2.19. The smallest absolute Gasteiger partial charge is 0.229 e. The summed E-state index contributed by atoms with van der Waals surface area (Å²) in [6.07, 6.45) is 0.234. The van der Waals surface area contributed by atoms with Crippen LogP contribution in [0.25, 0.3) is 0 Å². The number of hydrogen-bond acceptors (Lipinski definition) is 4. The summed E-state index contributed by atoms with van der Waals surface area (Å²) >= 11 is 1.15. The van der Waals surface area contributed by atoms with E-state index in [9.17, 15) is 14.9 Å². The van der Waals surface area contributed by atoms with Crippen molar-refractivity contribution in [3.05, 3.63) is 51.9 Å². The van der Waals surface area contributed by atoms with Gasteiger partial charge in [-0.2, -0.15) is 5.26 Å². The van der Waals surface area contributed by atoms with Crippen molar-refractivity contribution < 1.29 is 9.59 Å². The number of Topliss-reactive ketones (excluding diaryl/α,β-unsaturated/α-hetero) is 1. The van der Waals surface area contributed by atoms with Gasteiger partial charge in [0, 0.05) is 0 Å². The van der Waals surface area contributed by atoms with Gasteiger partial charge in [0.2, 0.25) is 5.91 Å². The Kier molecular flexibility index (Phi) is 4.51. The standard InChI is InChI=1S/C16H14N2O2S/c1-10-13(9-17)16(21-15(10)11(2)19)18-14(20)8-12-6-4-3-5-7-12/h3-7H,8H2,1-2H3,(H,18,20). The fraction of sp³-hybridized carbons (Fsp3) is 0.188. The maximum Gasteiger partial charge on any atom is 0.229 e. The van der Waals surface area contributed by atoms with E-state index in [4.69, 9.17) is 0 Å². The first-order valence-electron chi connectivity index (χ1n) is 6.41. The maximum atomic E-state index is 12.0. The van der Waals surface area contributed by atoms with Gasteiger partial charge in [-0.05, 0) is 25.0 Å². The minimum absolute atomic E-state index is 0.0995. The molecule has 5 heteroatoms. The van der Waals surface area contributed by atoms with Gasteiger partial charge >= 0.3 is 0 Å². The number of carbonyl (C=O) groups excluding carboxylic acids is 2. The Bertz CT molecular complexity index is 727. The van der Waals surface area contributed by atoms with E-state index in [1.54, 1.807) is 6.92 Å². The number of nitrogens with zero attached hydrogens (tertiary/aromatic N) is 1. The van der Waals surface area contributed by atoms with Crippen LogP contribution in [0.4, 0.5) is 5.00 Å². The highest BCUT2D eigenvalue weighted by Crippen LogP contribution is 2.32. The number of rotatable bonds is 4. The molecule has 106 valence electrons. The summed E-state index contributed by atoms with van der Waals surface area (Å²) in [4.78, 5) is 24.1. The fourth-order valence-electron chi connectivity index (χ4n) is 2.02. The summed E-state index contributed by atoms with van der Waals surface area (Å²) in [5.41, 5.74) is 1.89. The Labute approximate surface area is 127 Å². The van der Waals surface area contributed by atoms with Crippen molar-refractivity contribution in [3.8, 4) is 6.07 Å². The van der Waals surface area contributed by atoms with Gasteiger partial charge in [-0.25, -0.2) is 0 Å². The van der Waals surface area contributed by atoms with Crippen LogP contribution in [-0.2, 0) is 11.2 Å². The van der Waals surface area contributed by atoms with Crippen molar-refractivity contribution in [2.24, 2.45) is 0 Å². The Balaban J connectivity index is 2.20. The first-order chi connectivity index (χ1) is 10.0. The van der Waals surface area contributed by atoms with E-state index < -0.39 is 0 Å². The number of hydrogen-bond donors (Lipinski definition) is 1. The van der Waals surface area contributed by atoms with Crippen molar-refractivity contribution in [2.75, 3.05) is 5.32 Å². The summed E-state index contributed by atoms with van der Waals surface area (Å²) in [5.74, 6) is -0.299. The zero-order valence-corrected chi connectivity index (χ0v) is 12.6. The molecule has 0 aliphatic carbocycles. The van der Waals surface area contributed by atoms with Crippen LogP contribution in [0.2, 0.25) is 0 Å². The Hall–Kier alpha value is -2.45. The van der Waals surface area contributed by atoms with Gasteiger partial charge < -0.3 is 5.32 Å². The molecular weight excluding hydrogens is 284 g/mol. The van der Waals surface area contributed by atoms with Crippen molar-refractivity contribution in [1.29, 1.82) is 5.26 Å². The SMILES string of the molecule is CC(=O)c1sc(NC(=O)Cc2ccccc2)c(C#N)c1C. The Morgan fingerprint density at radius 1 is 1.29 bits per heavy atom. The van der Waals surface area contributed by atoms with Crippen LogP contribution in [-0.4, -0.2) is 11.7 Å². The molecule has 2 aromatic rings. The first kappa shape index (κ1) is 14.9. The molecule has 0 unspecified atom stereocenters. The van der Waals surface area contributed by atoms with Crippen molar-refractivity contribution in [2.45, 2.75) is 20.3 Å². The summed E-state index contributed by atoms with van der Waals surface area (Å²) in [7, 11) is 0. The zero-order valence-electron chi connectivity index (χ0n) is 11.8. The molecule has 21 heavy (non-hydrogen) atoms. The summed E-state index contributed by atoms with van der Waals surface area (Å²) in [6.45, 7) is 3.17. The zero-order chi connectivity index (χ0) is 15.4. The van der Waals surface area contributed by atoms with Crippen LogP contribution < -0.4 is 5.32 Å². The number of carbonyl (C=O) groups is 2. The van der Waals surface area contributed by atoms with E-state index in [0.29, 0.717) is 21.0 Å². The number of anilines is 1. The van der Waals surface area contributed by atoms with Crippen LogP contribution >= 0.6 is 11.3 Å². The fourth-order valence-corrected chi connectivity index (χ4v) is 3.09. The van der Waals surface area contributed by atoms with Gasteiger partial charge in [-0.1, -0.05) is 30.3 Å². The van der Waals surface area contributed by atoms with E-state index in [2.05, 4.69) is 11.4 Å². The molecule has 0 aliphatic heterocycles. The number of nitriles is 1. The Morgan fingerprint density at radius 3 is 2.52 bits per heavy atom. The molecule has 0 bridgehead atoms. The number of thiophene rings is 1. The number of amides is 1. The van der Waals surface area contributed by atoms with Crippen molar-refractivity contribution in [1.82, 2.24) is 0 Å². The third kappa shape index (κ3) is 3.36. The normalized spacial score (nSPS) is 9.95. The van der Waals surface area contributed by atoms with Gasteiger partial charge in [0.25, 0.3) is 0 Å². The number of nitrogens with one attached hydrogen (secondary N) is 1. The highest BCUT2D eigenvalue weighted by atomic mass is 32.1. The van der Waals surface area contributed by atoms with E-state index in [-0.39, 0.29) is 18.1 Å². The van der Waals surface area contributed by atoms with Crippen LogP contribution in [0.3, 0.4) is 0 Å². The van der Waals surface area contributed by atoms with Gasteiger partial charge in [0.05, 0.1) is 16.9 Å². The molecule has 1 N–H and O–H groups in total. The Morgan fingerprint density at radius 2 is 1.95 bits per heavy atom. The van der Waals surface area contributed by atoms with Crippen molar-refractivity contribution in [3.63, 3.8) is 0 Å². The quantitative estimate of drug-likeness (QED) is 0.880. The number of ketones is 1.